The molecule has 0 saturated carbocycles. The van der Waals surface area contributed by atoms with Crippen LogP contribution in [-0.4, -0.2) is 17.4 Å². The third kappa shape index (κ3) is 4.47. The van der Waals surface area contributed by atoms with Gasteiger partial charge in [-0.1, -0.05) is 17.7 Å². The second-order valence-corrected chi connectivity index (χ2v) is 4.65. The van der Waals surface area contributed by atoms with Gasteiger partial charge >= 0.3 is 0 Å². The predicted molar refractivity (Wildman–Crippen MR) is 81.7 cm³/mol. The number of amides is 1. The smallest absolute Gasteiger partial charge is 0.271 e. The number of nitro groups is 1. The Balaban J connectivity index is 1.90. The summed E-state index contributed by atoms with van der Waals surface area (Å²) in [7, 11) is 0. The molecule has 108 valence electrons. The van der Waals surface area contributed by atoms with Crippen LogP contribution in [0.2, 0.25) is 5.02 Å². The van der Waals surface area contributed by atoms with Crippen LogP contribution >= 0.6 is 11.6 Å². The van der Waals surface area contributed by atoms with Crippen LogP contribution in [-0.2, 0) is 4.79 Å². The van der Waals surface area contributed by atoms with Gasteiger partial charge in [0.15, 0.2) is 0 Å². The fourth-order valence-electron chi connectivity index (χ4n) is 1.65. The van der Waals surface area contributed by atoms with Crippen LogP contribution < -0.4 is 10.6 Å². The number of hydrogen-bond acceptors (Lipinski definition) is 4. The number of nitro benzene ring substituents is 1. The molecule has 0 aromatic heterocycles. The van der Waals surface area contributed by atoms with E-state index in [0.29, 0.717) is 16.4 Å². The van der Waals surface area contributed by atoms with E-state index in [-0.39, 0.29) is 18.1 Å². The Labute approximate surface area is 125 Å². The van der Waals surface area contributed by atoms with Crippen LogP contribution in [0.5, 0.6) is 0 Å². The first-order valence-electron chi connectivity index (χ1n) is 6.08. The minimum Gasteiger partial charge on any atom is -0.376 e. The van der Waals surface area contributed by atoms with Crippen molar-refractivity contribution >= 4 is 34.6 Å². The summed E-state index contributed by atoms with van der Waals surface area (Å²) in [5, 5.41) is 16.7. The maximum atomic E-state index is 11.7. The lowest BCUT2D eigenvalue weighted by Crippen LogP contribution is -2.21. The Morgan fingerprint density at radius 3 is 2.52 bits per heavy atom. The summed E-state index contributed by atoms with van der Waals surface area (Å²) in [4.78, 5) is 21.9. The van der Waals surface area contributed by atoms with E-state index in [1.807, 2.05) is 0 Å². The number of anilines is 2. The van der Waals surface area contributed by atoms with Crippen molar-refractivity contribution in [2.75, 3.05) is 17.2 Å². The molecule has 7 heteroatoms. The van der Waals surface area contributed by atoms with Crippen molar-refractivity contribution in [1.82, 2.24) is 0 Å². The van der Waals surface area contributed by atoms with E-state index in [9.17, 15) is 14.9 Å². The Bertz CT molecular complexity index is 659. The van der Waals surface area contributed by atoms with Gasteiger partial charge in [-0.2, -0.15) is 0 Å². The lowest BCUT2D eigenvalue weighted by molar-refractivity contribution is -0.384. The molecule has 2 aromatic carbocycles. The summed E-state index contributed by atoms with van der Waals surface area (Å²) in [5.41, 5.74) is 1.11. The van der Waals surface area contributed by atoms with Crippen LogP contribution in [0, 0.1) is 10.1 Å². The third-order valence-electron chi connectivity index (χ3n) is 2.64. The van der Waals surface area contributed by atoms with Gasteiger partial charge in [0, 0.05) is 28.5 Å². The molecule has 0 spiro atoms. The Kier molecular flexibility index (Phi) is 4.73. The standard InChI is InChI=1S/C14H12ClN3O3/c15-10-4-6-11(7-5-10)17-14(19)9-16-12-2-1-3-13(8-12)18(20)21/h1-8,16H,9H2,(H,17,19). The summed E-state index contributed by atoms with van der Waals surface area (Å²) >= 11 is 5.75. The van der Waals surface area contributed by atoms with Crippen LogP contribution in [0.3, 0.4) is 0 Å². The van der Waals surface area contributed by atoms with Gasteiger partial charge in [-0.25, -0.2) is 0 Å². The first-order chi connectivity index (χ1) is 10.0. The molecule has 0 fully saturated rings. The zero-order chi connectivity index (χ0) is 15.2. The molecule has 2 rings (SSSR count). The summed E-state index contributed by atoms with van der Waals surface area (Å²) in [6.45, 7) is 0.00376. The normalized spacial score (nSPS) is 9.95. The van der Waals surface area contributed by atoms with Crippen molar-refractivity contribution in [2.24, 2.45) is 0 Å². The number of non-ortho nitro benzene ring substituents is 1. The number of benzene rings is 2. The van der Waals surface area contributed by atoms with Gasteiger partial charge in [-0.05, 0) is 30.3 Å². The number of carbonyl (C=O) groups excluding carboxylic acids is 1. The topological polar surface area (TPSA) is 84.3 Å². The first-order valence-corrected chi connectivity index (χ1v) is 6.46. The molecule has 0 aliphatic carbocycles. The van der Waals surface area contributed by atoms with E-state index in [2.05, 4.69) is 10.6 Å². The molecular weight excluding hydrogens is 294 g/mol. The first kappa shape index (κ1) is 14.8. The summed E-state index contributed by atoms with van der Waals surface area (Å²) in [6.07, 6.45) is 0. The molecule has 1 amide bonds. The van der Waals surface area contributed by atoms with Crippen molar-refractivity contribution in [3.8, 4) is 0 Å². The molecule has 2 aromatic rings. The molecule has 0 saturated heterocycles. The molecule has 0 unspecified atom stereocenters. The summed E-state index contributed by atoms with van der Waals surface area (Å²) < 4.78 is 0. The number of hydrogen-bond donors (Lipinski definition) is 2. The van der Waals surface area contributed by atoms with Gasteiger partial charge in [0.1, 0.15) is 0 Å². The molecule has 21 heavy (non-hydrogen) atoms. The Morgan fingerprint density at radius 1 is 1.14 bits per heavy atom. The van der Waals surface area contributed by atoms with E-state index in [1.165, 1.54) is 12.1 Å². The molecule has 0 atom stereocenters. The zero-order valence-electron chi connectivity index (χ0n) is 10.9. The van der Waals surface area contributed by atoms with Crippen LogP contribution in [0.1, 0.15) is 0 Å². The minimum atomic E-state index is -0.487. The van der Waals surface area contributed by atoms with Gasteiger partial charge in [-0.15, -0.1) is 0 Å². The predicted octanol–water partition coefficient (Wildman–Crippen LogP) is 3.30. The number of nitrogens with one attached hydrogen (secondary N) is 2. The molecule has 2 N–H and O–H groups in total. The van der Waals surface area contributed by atoms with E-state index >= 15 is 0 Å². The quantitative estimate of drug-likeness (QED) is 0.655. The van der Waals surface area contributed by atoms with E-state index in [0.717, 1.165) is 0 Å². The van der Waals surface area contributed by atoms with Crippen molar-refractivity contribution in [3.05, 3.63) is 63.7 Å². The average molecular weight is 306 g/mol. The summed E-state index contributed by atoms with van der Waals surface area (Å²) in [6, 6.07) is 12.7. The van der Waals surface area contributed by atoms with Crippen LogP contribution in [0.15, 0.2) is 48.5 Å². The van der Waals surface area contributed by atoms with Crippen LogP contribution in [0.25, 0.3) is 0 Å². The lowest BCUT2D eigenvalue weighted by atomic mass is 10.3. The third-order valence-corrected chi connectivity index (χ3v) is 2.89. The number of halogens is 1. The molecular formula is C14H12ClN3O3. The van der Waals surface area contributed by atoms with E-state index < -0.39 is 4.92 Å². The van der Waals surface area contributed by atoms with Gasteiger partial charge in [0.05, 0.1) is 11.5 Å². The largest absolute Gasteiger partial charge is 0.376 e. The molecule has 6 nitrogen and oxygen atoms in total. The molecule has 0 bridgehead atoms. The molecule has 0 heterocycles. The van der Waals surface area contributed by atoms with E-state index in [1.54, 1.807) is 36.4 Å². The molecule has 0 aliphatic heterocycles. The fourth-order valence-corrected chi connectivity index (χ4v) is 1.78. The van der Waals surface area contributed by atoms with Crippen LogP contribution in [0.4, 0.5) is 17.1 Å². The highest BCUT2D eigenvalue weighted by Gasteiger charge is 2.07. The van der Waals surface area contributed by atoms with Crippen molar-refractivity contribution in [2.45, 2.75) is 0 Å². The average Bonchev–Trinajstić information content (AvgIpc) is 2.48. The van der Waals surface area contributed by atoms with Crippen molar-refractivity contribution < 1.29 is 9.72 Å². The highest BCUT2D eigenvalue weighted by molar-refractivity contribution is 6.30. The van der Waals surface area contributed by atoms with Gasteiger partial charge in [0.2, 0.25) is 5.91 Å². The number of nitrogens with zero attached hydrogens (tertiary/aromatic N) is 1. The van der Waals surface area contributed by atoms with E-state index in [4.69, 9.17) is 11.6 Å². The summed E-state index contributed by atoms with van der Waals surface area (Å²) in [5.74, 6) is -0.260. The Hall–Kier alpha value is -2.60. The van der Waals surface area contributed by atoms with Crippen molar-refractivity contribution in [3.63, 3.8) is 0 Å². The van der Waals surface area contributed by atoms with Crippen molar-refractivity contribution in [1.29, 1.82) is 0 Å². The zero-order valence-corrected chi connectivity index (χ0v) is 11.6. The molecule has 0 radical (unpaired) electrons. The Morgan fingerprint density at radius 2 is 1.86 bits per heavy atom. The SMILES string of the molecule is O=C(CNc1cccc([N+](=O)[O-])c1)Nc1ccc(Cl)cc1. The minimum absolute atomic E-state index is 0.00376. The second kappa shape index (κ2) is 6.71. The lowest BCUT2D eigenvalue weighted by Gasteiger charge is -2.07. The maximum Gasteiger partial charge on any atom is 0.271 e. The number of rotatable bonds is 5. The van der Waals surface area contributed by atoms with Gasteiger partial charge in [0.25, 0.3) is 5.69 Å². The van der Waals surface area contributed by atoms with Gasteiger partial charge < -0.3 is 10.6 Å². The monoisotopic (exact) mass is 305 g/mol. The molecule has 0 aliphatic rings. The second-order valence-electron chi connectivity index (χ2n) is 4.22. The van der Waals surface area contributed by atoms with Gasteiger partial charge in [-0.3, -0.25) is 14.9 Å². The maximum absolute atomic E-state index is 11.7. The number of carbonyl (C=O) groups is 1. The fraction of sp³-hybridized carbons (Fsp3) is 0.0714. The highest BCUT2D eigenvalue weighted by Crippen LogP contribution is 2.17. The highest BCUT2D eigenvalue weighted by atomic mass is 35.5.